The van der Waals surface area contributed by atoms with E-state index in [0.717, 1.165) is 18.6 Å². The summed E-state index contributed by atoms with van der Waals surface area (Å²) in [5.74, 6) is 0. The van der Waals surface area contributed by atoms with Crippen LogP contribution >= 0.6 is 0 Å². The largest absolute Gasteiger partial charge is 0.375 e. The number of aliphatic imine (C=N–C) groups is 1. The summed E-state index contributed by atoms with van der Waals surface area (Å²) in [5, 5.41) is 8.54. The lowest BCUT2D eigenvalue weighted by molar-refractivity contribution is 0.308. The first kappa shape index (κ1) is 10.6. The zero-order valence-corrected chi connectivity index (χ0v) is 7.64. The van der Waals surface area contributed by atoms with Crippen molar-refractivity contribution in [1.29, 1.82) is 0 Å². The van der Waals surface area contributed by atoms with Gasteiger partial charge in [-0.05, 0) is 19.3 Å². The zero-order valence-electron chi connectivity index (χ0n) is 7.64. The van der Waals surface area contributed by atoms with Crippen LogP contribution < -0.4 is 0 Å². The van der Waals surface area contributed by atoms with Crippen molar-refractivity contribution < 1.29 is 5.11 Å². The SMILES string of the molecule is CCCCCC(CC)=NCO. The highest BCUT2D eigenvalue weighted by atomic mass is 16.3. The van der Waals surface area contributed by atoms with Gasteiger partial charge in [0.1, 0.15) is 6.73 Å². The highest BCUT2D eigenvalue weighted by Gasteiger charge is 1.94. The fourth-order valence-electron chi connectivity index (χ4n) is 1.05. The Bertz CT molecular complexity index is 110. The second-order valence-corrected chi connectivity index (χ2v) is 2.68. The third-order valence-corrected chi connectivity index (χ3v) is 1.77. The molecule has 2 heteroatoms. The average molecular weight is 157 g/mol. The molecule has 0 saturated heterocycles. The van der Waals surface area contributed by atoms with E-state index in [2.05, 4.69) is 18.8 Å². The van der Waals surface area contributed by atoms with Crippen LogP contribution in [0.25, 0.3) is 0 Å². The number of aliphatic hydroxyl groups is 1. The van der Waals surface area contributed by atoms with E-state index in [0.29, 0.717) is 0 Å². The van der Waals surface area contributed by atoms with Gasteiger partial charge >= 0.3 is 0 Å². The third-order valence-electron chi connectivity index (χ3n) is 1.77. The van der Waals surface area contributed by atoms with E-state index in [4.69, 9.17) is 5.11 Å². The summed E-state index contributed by atoms with van der Waals surface area (Å²) in [6, 6.07) is 0. The van der Waals surface area contributed by atoms with Gasteiger partial charge in [-0.25, -0.2) is 0 Å². The number of rotatable bonds is 6. The first-order chi connectivity index (χ1) is 5.35. The van der Waals surface area contributed by atoms with Crippen LogP contribution in [-0.4, -0.2) is 17.5 Å². The summed E-state index contributed by atoms with van der Waals surface area (Å²) in [7, 11) is 0. The van der Waals surface area contributed by atoms with E-state index in [1.54, 1.807) is 0 Å². The van der Waals surface area contributed by atoms with Crippen LogP contribution in [0.1, 0.15) is 46.0 Å². The summed E-state index contributed by atoms with van der Waals surface area (Å²) in [4.78, 5) is 3.99. The molecule has 1 N–H and O–H groups in total. The molecule has 0 aromatic heterocycles. The lowest BCUT2D eigenvalue weighted by Gasteiger charge is -2.01. The number of aliphatic hydroxyl groups excluding tert-OH is 1. The predicted molar refractivity (Wildman–Crippen MR) is 49.0 cm³/mol. The van der Waals surface area contributed by atoms with Gasteiger partial charge in [-0.2, -0.15) is 0 Å². The fourth-order valence-corrected chi connectivity index (χ4v) is 1.05. The van der Waals surface area contributed by atoms with Crippen molar-refractivity contribution in [2.24, 2.45) is 4.99 Å². The molecule has 0 heterocycles. The zero-order chi connectivity index (χ0) is 8.53. The lowest BCUT2D eigenvalue weighted by atomic mass is 10.1. The minimum Gasteiger partial charge on any atom is -0.375 e. The fraction of sp³-hybridized carbons (Fsp3) is 0.889. The molecule has 0 rings (SSSR count). The van der Waals surface area contributed by atoms with Crippen LogP contribution in [0.4, 0.5) is 0 Å². The first-order valence-electron chi connectivity index (χ1n) is 4.48. The van der Waals surface area contributed by atoms with Crippen molar-refractivity contribution in [1.82, 2.24) is 0 Å². The van der Waals surface area contributed by atoms with Gasteiger partial charge in [0.15, 0.2) is 0 Å². The molecule has 2 nitrogen and oxygen atoms in total. The van der Waals surface area contributed by atoms with Crippen molar-refractivity contribution in [2.45, 2.75) is 46.0 Å². The predicted octanol–water partition coefficient (Wildman–Crippen LogP) is 2.37. The minimum absolute atomic E-state index is 0.0463. The Hall–Kier alpha value is -0.370. The van der Waals surface area contributed by atoms with Gasteiger partial charge in [-0.15, -0.1) is 0 Å². The first-order valence-corrected chi connectivity index (χ1v) is 4.48. The van der Waals surface area contributed by atoms with Crippen molar-refractivity contribution in [3.63, 3.8) is 0 Å². The van der Waals surface area contributed by atoms with E-state index >= 15 is 0 Å². The van der Waals surface area contributed by atoms with Crippen molar-refractivity contribution in [3.8, 4) is 0 Å². The maximum absolute atomic E-state index is 8.54. The summed E-state index contributed by atoms with van der Waals surface area (Å²) < 4.78 is 0. The highest BCUT2D eigenvalue weighted by Crippen LogP contribution is 2.02. The normalized spacial score (nSPS) is 12.1. The Morgan fingerprint density at radius 3 is 2.45 bits per heavy atom. The molecule has 11 heavy (non-hydrogen) atoms. The molecule has 0 fully saturated rings. The Labute approximate surface area is 69.3 Å². The van der Waals surface area contributed by atoms with E-state index in [1.165, 1.54) is 19.3 Å². The summed E-state index contributed by atoms with van der Waals surface area (Å²) in [6.45, 7) is 4.23. The second-order valence-electron chi connectivity index (χ2n) is 2.68. The molecule has 0 radical (unpaired) electrons. The highest BCUT2D eigenvalue weighted by molar-refractivity contribution is 5.84. The lowest BCUT2D eigenvalue weighted by Crippen LogP contribution is -1.97. The molecule has 0 aliphatic heterocycles. The Kier molecular flexibility index (Phi) is 7.47. The van der Waals surface area contributed by atoms with Crippen LogP contribution in [0, 0.1) is 0 Å². The van der Waals surface area contributed by atoms with Crippen LogP contribution in [-0.2, 0) is 0 Å². The maximum Gasteiger partial charge on any atom is 0.134 e. The topological polar surface area (TPSA) is 32.6 Å². The molecule has 0 spiro atoms. The molecule has 0 aromatic rings. The Morgan fingerprint density at radius 1 is 1.27 bits per heavy atom. The summed E-state index contributed by atoms with van der Waals surface area (Å²) >= 11 is 0. The van der Waals surface area contributed by atoms with Crippen molar-refractivity contribution >= 4 is 5.71 Å². The molecule has 0 saturated carbocycles. The molecule has 0 aromatic carbocycles. The number of hydrogen-bond donors (Lipinski definition) is 1. The quantitative estimate of drug-likeness (QED) is 0.466. The molecular formula is C9H19NO. The number of nitrogens with zero attached hydrogens (tertiary/aromatic N) is 1. The van der Waals surface area contributed by atoms with E-state index in [9.17, 15) is 0 Å². The number of unbranched alkanes of at least 4 members (excludes halogenated alkanes) is 2. The average Bonchev–Trinajstić information content (AvgIpc) is 2.03. The molecular weight excluding hydrogens is 138 g/mol. The van der Waals surface area contributed by atoms with Gasteiger partial charge in [0, 0.05) is 5.71 Å². The van der Waals surface area contributed by atoms with Crippen LogP contribution in [0.3, 0.4) is 0 Å². The molecule has 0 bridgehead atoms. The van der Waals surface area contributed by atoms with Gasteiger partial charge in [0.2, 0.25) is 0 Å². The summed E-state index contributed by atoms with van der Waals surface area (Å²) in [5.41, 5.74) is 1.15. The minimum atomic E-state index is -0.0463. The molecule has 0 atom stereocenters. The summed E-state index contributed by atoms with van der Waals surface area (Å²) in [6.07, 6.45) is 5.76. The molecule has 66 valence electrons. The van der Waals surface area contributed by atoms with Crippen LogP contribution in [0.2, 0.25) is 0 Å². The van der Waals surface area contributed by atoms with Gasteiger partial charge < -0.3 is 5.11 Å². The molecule has 0 aliphatic carbocycles. The van der Waals surface area contributed by atoms with Crippen molar-refractivity contribution in [3.05, 3.63) is 0 Å². The van der Waals surface area contributed by atoms with Gasteiger partial charge in [-0.1, -0.05) is 26.7 Å². The van der Waals surface area contributed by atoms with Crippen molar-refractivity contribution in [2.75, 3.05) is 6.73 Å². The number of hydrogen-bond acceptors (Lipinski definition) is 2. The Balaban J connectivity index is 3.44. The van der Waals surface area contributed by atoms with Gasteiger partial charge in [0.05, 0.1) is 0 Å². The monoisotopic (exact) mass is 157 g/mol. The molecule has 0 aliphatic rings. The third kappa shape index (κ3) is 6.05. The maximum atomic E-state index is 8.54. The van der Waals surface area contributed by atoms with Gasteiger partial charge in [0.25, 0.3) is 0 Å². The Morgan fingerprint density at radius 2 is 2.00 bits per heavy atom. The smallest absolute Gasteiger partial charge is 0.134 e. The van der Waals surface area contributed by atoms with E-state index in [-0.39, 0.29) is 6.73 Å². The van der Waals surface area contributed by atoms with E-state index < -0.39 is 0 Å². The van der Waals surface area contributed by atoms with E-state index in [1.807, 2.05) is 0 Å². The standard InChI is InChI=1S/C9H19NO/c1-3-5-6-7-9(4-2)10-8-11/h11H,3-8H2,1-2H3. The van der Waals surface area contributed by atoms with Gasteiger partial charge in [-0.3, -0.25) is 4.99 Å². The van der Waals surface area contributed by atoms with Crippen LogP contribution in [0.15, 0.2) is 4.99 Å². The van der Waals surface area contributed by atoms with Crippen LogP contribution in [0.5, 0.6) is 0 Å². The molecule has 0 amide bonds. The second kappa shape index (κ2) is 7.73. The molecule has 0 unspecified atom stereocenters.